The fourth-order valence-corrected chi connectivity index (χ4v) is 2.22. The number of methoxy groups -OCH3 is 1. The molecule has 0 unspecified atom stereocenters. The molecule has 0 saturated carbocycles. The minimum atomic E-state index is -0.517. The van der Waals surface area contributed by atoms with Crippen LogP contribution in [0, 0.1) is 13.8 Å². The fourth-order valence-electron chi connectivity index (χ4n) is 1.95. The highest BCUT2D eigenvalue weighted by molar-refractivity contribution is 6.32. The van der Waals surface area contributed by atoms with Gasteiger partial charge in [-0.2, -0.15) is 0 Å². The van der Waals surface area contributed by atoms with Crippen molar-refractivity contribution in [2.45, 2.75) is 20.5 Å². The number of hydrogen-bond donors (Lipinski definition) is 1. The first-order chi connectivity index (χ1) is 10.5. The molecule has 2 rings (SSSR count). The van der Waals surface area contributed by atoms with E-state index in [1.807, 2.05) is 44.2 Å². The first kappa shape index (κ1) is 16.2. The summed E-state index contributed by atoms with van der Waals surface area (Å²) in [6.07, 6.45) is -0.517. The van der Waals surface area contributed by atoms with Crippen LogP contribution >= 0.6 is 11.6 Å². The molecule has 4 nitrogen and oxygen atoms in total. The number of nitrogens with one attached hydrogen (secondary N) is 1. The van der Waals surface area contributed by atoms with Gasteiger partial charge < -0.3 is 9.47 Å². The Hall–Kier alpha value is -2.20. The molecule has 116 valence electrons. The Balaban J connectivity index is 2.15. The van der Waals surface area contributed by atoms with Crippen LogP contribution in [0.4, 0.5) is 10.5 Å². The summed E-state index contributed by atoms with van der Waals surface area (Å²) >= 11 is 6.20. The molecule has 1 amide bonds. The molecule has 0 atom stereocenters. The van der Waals surface area contributed by atoms with Crippen LogP contribution in [0.5, 0.6) is 5.75 Å². The zero-order valence-electron chi connectivity index (χ0n) is 12.8. The van der Waals surface area contributed by atoms with E-state index >= 15 is 0 Å². The Morgan fingerprint density at radius 2 is 1.86 bits per heavy atom. The van der Waals surface area contributed by atoms with Gasteiger partial charge in [0, 0.05) is 5.56 Å². The molecule has 1 N–H and O–H groups in total. The van der Waals surface area contributed by atoms with Gasteiger partial charge in [0.25, 0.3) is 0 Å². The Morgan fingerprint density at radius 1 is 1.18 bits per heavy atom. The summed E-state index contributed by atoms with van der Waals surface area (Å²) in [4.78, 5) is 11.3. The Bertz CT molecular complexity index is 686. The van der Waals surface area contributed by atoms with Crippen LogP contribution in [0.15, 0.2) is 36.4 Å². The topological polar surface area (TPSA) is 47.6 Å². The zero-order valence-corrected chi connectivity index (χ0v) is 13.5. The molecule has 0 bridgehead atoms. The van der Waals surface area contributed by atoms with Crippen LogP contribution in [0.1, 0.15) is 16.7 Å². The summed E-state index contributed by atoms with van der Waals surface area (Å²) in [5, 5.41) is 3.23. The van der Waals surface area contributed by atoms with Crippen molar-refractivity contribution in [2.75, 3.05) is 12.4 Å². The van der Waals surface area contributed by atoms with Crippen molar-refractivity contribution in [1.82, 2.24) is 0 Å². The lowest BCUT2D eigenvalue weighted by Gasteiger charge is -2.13. The van der Waals surface area contributed by atoms with E-state index in [1.165, 1.54) is 7.11 Å². The van der Waals surface area contributed by atoms with E-state index in [4.69, 9.17) is 16.3 Å². The number of aryl methyl sites for hydroxylation is 2. The third-order valence-corrected chi connectivity index (χ3v) is 3.67. The standard InChI is InChI=1S/C17H18ClNO3/c1-11-8-14(18)16(9-12(11)2)22-10-13-6-4-5-7-15(13)19-17(20)21-3/h4-9H,10H2,1-3H3,(H,19,20). The summed E-state index contributed by atoms with van der Waals surface area (Å²) in [6.45, 7) is 4.30. The molecular weight excluding hydrogens is 302 g/mol. The minimum Gasteiger partial charge on any atom is -0.487 e. The number of carbonyl (C=O) groups excluding carboxylic acids is 1. The molecule has 2 aromatic carbocycles. The summed E-state index contributed by atoms with van der Waals surface area (Å²) in [6, 6.07) is 11.2. The average Bonchev–Trinajstić information content (AvgIpc) is 2.50. The molecular formula is C17H18ClNO3. The van der Waals surface area contributed by atoms with Crippen molar-refractivity contribution in [3.05, 3.63) is 58.1 Å². The number of hydrogen-bond acceptors (Lipinski definition) is 3. The van der Waals surface area contributed by atoms with Gasteiger partial charge in [-0.05, 0) is 43.2 Å². The summed E-state index contributed by atoms with van der Waals surface area (Å²) in [5.74, 6) is 0.623. The third kappa shape index (κ3) is 3.92. The van der Waals surface area contributed by atoms with Gasteiger partial charge in [-0.15, -0.1) is 0 Å². The molecule has 22 heavy (non-hydrogen) atoms. The maximum Gasteiger partial charge on any atom is 0.411 e. The number of carbonyl (C=O) groups is 1. The van der Waals surface area contributed by atoms with E-state index < -0.39 is 6.09 Å². The van der Waals surface area contributed by atoms with E-state index in [2.05, 4.69) is 10.1 Å². The number of halogens is 1. The van der Waals surface area contributed by atoms with Crippen LogP contribution in [-0.2, 0) is 11.3 Å². The molecule has 0 aliphatic rings. The lowest BCUT2D eigenvalue weighted by atomic mass is 10.1. The number of ether oxygens (including phenoxy) is 2. The third-order valence-electron chi connectivity index (χ3n) is 3.37. The Morgan fingerprint density at radius 3 is 2.59 bits per heavy atom. The van der Waals surface area contributed by atoms with Crippen LogP contribution in [-0.4, -0.2) is 13.2 Å². The van der Waals surface area contributed by atoms with E-state index in [-0.39, 0.29) is 0 Å². The number of para-hydroxylation sites is 1. The SMILES string of the molecule is COC(=O)Nc1ccccc1COc1cc(C)c(C)cc1Cl. The fraction of sp³-hybridized carbons (Fsp3) is 0.235. The predicted molar refractivity (Wildman–Crippen MR) is 87.7 cm³/mol. The van der Waals surface area contributed by atoms with Gasteiger partial charge in [-0.25, -0.2) is 4.79 Å². The van der Waals surface area contributed by atoms with E-state index in [1.54, 1.807) is 6.07 Å². The predicted octanol–water partition coefficient (Wildman–Crippen LogP) is 4.71. The molecule has 0 aliphatic carbocycles. The first-order valence-electron chi connectivity index (χ1n) is 6.83. The molecule has 0 fully saturated rings. The van der Waals surface area contributed by atoms with Crippen molar-refractivity contribution in [3.63, 3.8) is 0 Å². The lowest BCUT2D eigenvalue weighted by Crippen LogP contribution is -2.13. The van der Waals surface area contributed by atoms with Crippen molar-refractivity contribution < 1.29 is 14.3 Å². The van der Waals surface area contributed by atoms with Gasteiger partial charge in [0.2, 0.25) is 0 Å². The van der Waals surface area contributed by atoms with Crippen molar-refractivity contribution >= 4 is 23.4 Å². The highest BCUT2D eigenvalue weighted by atomic mass is 35.5. The second kappa shape index (κ2) is 7.18. The quantitative estimate of drug-likeness (QED) is 0.887. The monoisotopic (exact) mass is 319 g/mol. The van der Waals surface area contributed by atoms with Crippen molar-refractivity contribution in [1.29, 1.82) is 0 Å². The normalized spacial score (nSPS) is 10.2. The number of amides is 1. The van der Waals surface area contributed by atoms with E-state index in [0.717, 1.165) is 16.7 Å². The highest BCUT2D eigenvalue weighted by Crippen LogP contribution is 2.29. The maximum atomic E-state index is 11.3. The smallest absolute Gasteiger partial charge is 0.411 e. The molecule has 0 radical (unpaired) electrons. The molecule has 0 heterocycles. The molecule has 0 aromatic heterocycles. The zero-order chi connectivity index (χ0) is 16.1. The molecule has 0 spiro atoms. The first-order valence-corrected chi connectivity index (χ1v) is 7.21. The van der Waals surface area contributed by atoms with Crippen LogP contribution in [0.25, 0.3) is 0 Å². The van der Waals surface area contributed by atoms with Gasteiger partial charge in [0.15, 0.2) is 0 Å². The largest absolute Gasteiger partial charge is 0.487 e. The van der Waals surface area contributed by atoms with Crippen LogP contribution < -0.4 is 10.1 Å². The molecule has 2 aromatic rings. The van der Waals surface area contributed by atoms with Gasteiger partial charge >= 0.3 is 6.09 Å². The summed E-state index contributed by atoms with van der Waals surface area (Å²) < 4.78 is 10.4. The van der Waals surface area contributed by atoms with Gasteiger partial charge in [-0.3, -0.25) is 5.32 Å². The number of anilines is 1. The van der Waals surface area contributed by atoms with Crippen molar-refractivity contribution in [2.24, 2.45) is 0 Å². The average molecular weight is 320 g/mol. The second-order valence-corrected chi connectivity index (χ2v) is 5.34. The van der Waals surface area contributed by atoms with E-state index in [9.17, 15) is 4.79 Å². The highest BCUT2D eigenvalue weighted by Gasteiger charge is 2.09. The summed E-state index contributed by atoms with van der Waals surface area (Å²) in [7, 11) is 1.32. The van der Waals surface area contributed by atoms with E-state index in [0.29, 0.717) is 23.1 Å². The van der Waals surface area contributed by atoms with Gasteiger partial charge in [-0.1, -0.05) is 29.8 Å². The van der Waals surface area contributed by atoms with Gasteiger partial charge in [0.05, 0.1) is 17.8 Å². The van der Waals surface area contributed by atoms with Crippen LogP contribution in [0.2, 0.25) is 5.02 Å². The molecule has 0 saturated heterocycles. The summed E-state index contributed by atoms with van der Waals surface area (Å²) in [5.41, 5.74) is 3.71. The van der Waals surface area contributed by atoms with Crippen molar-refractivity contribution in [3.8, 4) is 5.75 Å². The number of rotatable bonds is 4. The van der Waals surface area contributed by atoms with Crippen LogP contribution in [0.3, 0.4) is 0 Å². The lowest BCUT2D eigenvalue weighted by molar-refractivity contribution is 0.187. The maximum absolute atomic E-state index is 11.3. The number of benzene rings is 2. The Labute approximate surface area is 135 Å². The molecule has 0 aliphatic heterocycles. The second-order valence-electron chi connectivity index (χ2n) is 4.93. The van der Waals surface area contributed by atoms with Gasteiger partial charge in [0.1, 0.15) is 12.4 Å². The Kier molecular flexibility index (Phi) is 5.28. The minimum absolute atomic E-state index is 0.294. The molecule has 5 heteroatoms.